The zero-order valence-corrected chi connectivity index (χ0v) is 10.7. The minimum Gasteiger partial charge on any atom is -0.491 e. The van der Waals surface area contributed by atoms with Crippen molar-refractivity contribution >= 4 is 0 Å². The molecule has 0 aliphatic carbocycles. The highest BCUT2D eigenvalue weighted by Crippen LogP contribution is 2.13. The Bertz CT molecular complexity index is 347. The van der Waals surface area contributed by atoms with Gasteiger partial charge in [0.05, 0.1) is 0 Å². The second-order valence-electron chi connectivity index (χ2n) is 4.82. The van der Waals surface area contributed by atoms with Crippen LogP contribution in [0.25, 0.3) is 0 Å². The van der Waals surface area contributed by atoms with Crippen molar-refractivity contribution in [2.75, 3.05) is 26.2 Å². The standard InChI is InChI=1S/C14H22N2O2/c15-9-12-3-5-14(6-4-12)18-11-13(17)10-16-7-1-2-8-16/h3-6,13,17H,1-2,7-11,15H2. The molecular weight excluding hydrogens is 228 g/mol. The van der Waals surface area contributed by atoms with Crippen LogP contribution in [0.2, 0.25) is 0 Å². The number of β-amino-alcohol motifs (C(OH)–C–C–N with tert-alkyl or cyclic N) is 1. The zero-order valence-electron chi connectivity index (χ0n) is 10.7. The van der Waals surface area contributed by atoms with Crippen LogP contribution in [-0.2, 0) is 6.54 Å². The molecule has 4 nitrogen and oxygen atoms in total. The van der Waals surface area contributed by atoms with Crippen molar-refractivity contribution in [3.05, 3.63) is 29.8 Å². The first-order valence-corrected chi connectivity index (χ1v) is 6.60. The Morgan fingerprint density at radius 3 is 2.50 bits per heavy atom. The van der Waals surface area contributed by atoms with E-state index < -0.39 is 6.10 Å². The Morgan fingerprint density at radius 2 is 1.89 bits per heavy atom. The molecular formula is C14H22N2O2. The number of nitrogens with zero attached hydrogens (tertiary/aromatic N) is 1. The highest BCUT2D eigenvalue weighted by atomic mass is 16.5. The topological polar surface area (TPSA) is 58.7 Å². The predicted molar refractivity (Wildman–Crippen MR) is 71.5 cm³/mol. The van der Waals surface area contributed by atoms with E-state index in [2.05, 4.69) is 4.90 Å². The number of aliphatic hydroxyl groups is 1. The number of hydrogen-bond donors (Lipinski definition) is 2. The van der Waals surface area contributed by atoms with Crippen molar-refractivity contribution in [1.29, 1.82) is 0 Å². The molecule has 1 aromatic rings. The summed E-state index contributed by atoms with van der Waals surface area (Å²) in [5.41, 5.74) is 6.61. The second-order valence-corrected chi connectivity index (χ2v) is 4.82. The van der Waals surface area contributed by atoms with Crippen LogP contribution >= 0.6 is 0 Å². The molecule has 3 N–H and O–H groups in total. The summed E-state index contributed by atoms with van der Waals surface area (Å²) in [6, 6.07) is 7.68. The summed E-state index contributed by atoms with van der Waals surface area (Å²) in [7, 11) is 0. The summed E-state index contributed by atoms with van der Waals surface area (Å²) in [5.74, 6) is 0.785. The summed E-state index contributed by atoms with van der Waals surface area (Å²) in [6.45, 7) is 3.79. The van der Waals surface area contributed by atoms with Gasteiger partial charge >= 0.3 is 0 Å². The molecule has 1 aliphatic rings. The first-order valence-electron chi connectivity index (χ1n) is 6.60. The maximum atomic E-state index is 9.89. The Kier molecular flexibility index (Phi) is 4.99. The summed E-state index contributed by atoms with van der Waals surface area (Å²) < 4.78 is 5.56. The summed E-state index contributed by atoms with van der Waals surface area (Å²) in [6.07, 6.45) is 2.07. The molecule has 0 saturated carbocycles. The molecule has 1 aromatic carbocycles. The lowest BCUT2D eigenvalue weighted by atomic mass is 10.2. The maximum Gasteiger partial charge on any atom is 0.119 e. The monoisotopic (exact) mass is 250 g/mol. The smallest absolute Gasteiger partial charge is 0.119 e. The van der Waals surface area contributed by atoms with Gasteiger partial charge in [-0.25, -0.2) is 0 Å². The van der Waals surface area contributed by atoms with Gasteiger partial charge in [0.1, 0.15) is 18.5 Å². The lowest BCUT2D eigenvalue weighted by molar-refractivity contribution is 0.0758. The van der Waals surface area contributed by atoms with E-state index in [9.17, 15) is 5.11 Å². The molecule has 1 heterocycles. The number of aliphatic hydroxyl groups excluding tert-OH is 1. The van der Waals surface area contributed by atoms with Crippen LogP contribution in [0.15, 0.2) is 24.3 Å². The molecule has 1 aliphatic heterocycles. The van der Waals surface area contributed by atoms with E-state index in [1.165, 1.54) is 12.8 Å². The third-order valence-electron chi connectivity index (χ3n) is 3.27. The maximum absolute atomic E-state index is 9.89. The molecule has 0 radical (unpaired) electrons. The number of benzene rings is 1. The molecule has 2 rings (SSSR count). The lowest BCUT2D eigenvalue weighted by Crippen LogP contribution is -2.33. The van der Waals surface area contributed by atoms with Gasteiger partial charge in [-0.3, -0.25) is 0 Å². The zero-order chi connectivity index (χ0) is 12.8. The van der Waals surface area contributed by atoms with Crippen LogP contribution in [0, 0.1) is 0 Å². The fraction of sp³-hybridized carbons (Fsp3) is 0.571. The highest BCUT2D eigenvalue weighted by molar-refractivity contribution is 5.27. The van der Waals surface area contributed by atoms with Crippen molar-refractivity contribution in [2.45, 2.75) is 25.5 Å². The van der Waals surface area contributed by atoms with Crippen molar-refractivity contribution in [3.8, 4) is 5.75 Å². The Labute approximate surface area is 108 Å². The Morgan fingerprint density at radius 1 is 1.22 bits per heavy atom. The van der Waals surface area contributed by atoms with Crippen LogP contribution < -0.4 is 10.5 Å². The number of nitrogens with two attached hydrogens (primary N) is 1. The van der Waals surface area contributed by atoms with Crippen molar-refractivity contribution < 1.29 is 9.84 Å². The quantitative estimate of drug-likeness (QED) is 0.790. The van der Waals surface area contributed by atoms with Gasteiger partial charge in [0.15, 0.2) is 0 Å². The number of ether oxygens (including phenoxy) is 1. The van der Waals surface area contributed by atoms with Gasteiger partial charge < -0.3 is 20.5 Å². The normalized spacial score (nSPS) is 17.9. The molecule has 18 heavy (non-hydrogen) atoms. The summed E-state index contributed by atoms with van der Waals surface area (Å²) in [5, 5.41) is 9.89. The fourth-order valence-corrected chi connectivity index (χ4v) is 2.23. The van der Waals surface area contributed by atoms with E-state index in [-0.39, 0.29) is 0 Å². The van der Waals surface area contributed by atoms with E-state index in [1.54, 1.807) is 0 Å². The van der Waals surface area contributed by atoms with Gasteiger partial charge in [-0.2, -0.15) is 0 Å². The van der Waals surface area contributed by atoms with Gasteiger partial charge in [0.2, 0.25) is 0 Å². The minimum atomic E-state index is -0.419. The molecule has 1 atom stereocenters. The highest BCUT2D eigenvalue weighted by Gasteiger charge is 2.15. The Hall–Kier alpha value is -1.10. The number of rotatable bonds is 6. The first-order chi connectivity index (χ1) is 8.78. The van der Waals surface area contributed by atoms with E-state index >= 15 is 0 Å². The van der Waals surface area contributed by atoms with Crippen molar-refractivity contribution in [2.24, 2.45) is 5.73 Å². The molecule has 100 valence electrons. The average molecular weight is 250 g/mol. The third kappa shape index (κ3) is 3.98. The number of likely N-dealkylation sites (tertiary alicyclic amines) is 1. The third-order valence-corrected chi connectivity index (χ3v) is 3.27. The van der Waals surface area contributed by atoms with Gasteiger partial charge in [-0.15, -0.1) is 0 Å². The van der Waals surface area contributed by atoms with E-state index in [0.29, 0.717) is 19.7 Å². The van der Waals surface area contributed by atoms with Gasteiger partial charge in [0, 0.05) is 13.1 Å². The summed E-state index contributed by atoms with van der Waals surface area (Å²) in [4.78, 5) is 2.28. The van der Waals surface area contributed by atoms with Crippen LogP contribution in [0.1, 0.15) is 18.4 Å². The van der Waals surface area contributed by atoms with E-state index in [0.717, 1.165) is 24.4 Å². The van der Waals surface area contributed by atoms with E-state index in [4.69, 9.17) is 10.5 Å². The van der Waals surface area contributed by atoms with E-state index in [1.807, 2.05) is 24.3 Å². The SMILES string of the molecule is NCc1ccc(OCC(O)CN2CCCC2)cc1. The van der Waals surface area contributed by atoms with Gasteiger partial charge in [-0.1, -0.05) is 12.1 Å². The largest absolute Gasteiger partial charge is 0.491 e. The molecule has 0 aromatic heterocycles. The minimum absolute atomic E-state index is 0.346. The molecule has 1 saturated heterocycles. The Balaban J connectivity index is 1.72. The van der Waals surface area contributed by atoms with Gasteiger partial charge in [-0.05, 0) is 43.6 Å². The van der Waals surface area contributed by atoms with Crippen molar-refractivity contribution in [3.63, 3.8) is 0 Å². The van der Waals surface area contributed by atoms with Crippen LogP contribution in [0.4, 0.5) is 0 Å². The fourth-order valence-electron chi connectivity index (χ4n) is 2.23. The molecule has 0 bridgehead atoms. The molecule has 1 unspecified atom stereocenters. The molecule has 1 fully saturated rings. The molecule has 4 heteroatoms. The van der Waals surface area contributed by atoms with Crippen LogP contribution in [-0.4, -0.2) is 42.4 Å². The average Bonchev–Trinajstić information content (AvgIpc) is 2.90. The second kappa shape index (κ2) is 6.73. The number of hydrogen-bond acceptors (Lipinski definition) is 4. The van der Waals surface area contributed by atoms with Crippen LogP contribution in [0.3, 0.4) is 0 Å². The molecule has 0 amide bonds. The molecule has 0 spiro atoms. The summed E-state index contributed by atoms with van der Waals surface area (Å²) >= 11 is 0. The lowest BCUT2D eigenvalue weighted by Gasteiger charge is -2.19. The van der Waals surface area contributed by atoms with Crippen molar-refractivity contribution in [1.82, 2.24) is 4.90 Å². The van der Waals surface area contributed by atoms with Gasteiger partial charge in [0.25, 0.3) is 0 Å². The van der Waals surface area contributed by atoms with Crippen LogP contribution in [0.5, 0.6) is 5.75 Å². The first kappa shape index (κ1) is 13.3. The predicted octanol–water partition coefficient (Wildman–Crippen LogP) is 0.981.